The molecule has 10 heavy (non-hydrogen) atoms. The van der Waals surface area contributed by atoms with Gasteiger partial charge in [0.15, 0.2) is 0 Å². The smallest absolute Gasteiger partial charge is 0.0466 e. The van der Waals surface area contributed by atoms with Gasteiger partial charge in [0.05, 0.1) is 0 Å². The van der Waals surface area contributed by atoms with Crippen LogP contribution in [-0.2, 0) is 4.74 Å². The van der Waals surface area contributed by atoms with E-state index < -0.39 is 0 Å². The Bertz CT molecular complexity index is 44.7. The van der Waals surface area contributed by atoms with E-state index in [0.717, 1.165) is 6.61 Å². The first-order valence-electron chi connectivity index (χ1n) is 4.28. The first kappa shape index (κ1) is 9.96. The lowest BCUT2D eigenvalue weighted by atomic mass is 10.2. The van der Waals surface area contributed by atoms with E-state index in [0.29, 0.717) is 6.61 Å². The van der Waals surface area contributed by atoms with Gasteiger partial charge in [-0.1, -0.05) is 32.6 Å². The SMILES string of the molecule is [CH2]COCCCCCCC. The van der Waals surface area contributed by atoms with Gasteiger partial charge in [0.2, 0.25) is 0 Å². The van der Waals surface area contributed by atoms with Crippen LogP contribution in [0.25, 0.3) is 0 Å². The lowest BCUT2D eigenvalue weighted by Gasteiger charge is -1.99. The minimum atomic E-state index is 0.619. The average molecular weight is 143 g/mol. The summed E-state index contributed by atoms with van der Waals surface area (Å²) in [6, 6.07) is 0. The maximum atomic E-state index is 5.10. The summed E-state index contributed by atoms with van der Waals surface area (Å²) in [5.41, 5.74) is 0. The molecule has 0 amide bonds. The largest absolute Gasteiger partial charge is 0.381 e. The molecular weight excluding hydrogens is 124 g/mol. The van der Waals surface area contributed by atoms with E-state index in [1.807, 2.05) is 0 Å². The Labute approximate surface area is 64.8 Å². The Morgan fingerprint density at radius 1 is 1.10 bits per heavy atom. The minimum Gasteiger partial charge on any atom is -0.381 e. The molecule has 1 heteroatoms. The summed E-state index contributed by atoms with van der Waals surface area (Å²) >= 11 is 0. The first-order chi connectivity index (χ1) is 4.91. The fourth-order valence-electron chi connectivity index (χ4n) is 0.910. The van der Waals surface area contributed by atoms with Crippen LogP contribution in [0.5, 0.6) is 0 Å². The van der Waals surface area contributed by atoms with Crippen molar-refractivity contribution < 1.29 is 4.74 Å². The van der Waals surface area contributed by atoms with E-state index in [9.17, 15) is 0 Å². The van der Waals surface area contributed by atoms with E-state index in [-0.39, 0.29) is 0 Å². The van der Waals surface area contributed by atoms with Crippen LogP contribution in [-0.4, -0.2) is 13.2 Å². The predicted octanol–water partition coefficient (Wildman–Crippen LogP) is 2.81. The van der Waals surface area contributed by atoms with Gasteiger partial charge in [-0.25, -0.2) is 0 Å². The molecule has 0 aliphatic carbocycles. The van der Waals surface area contributed by atoms with Crippen molar-refractivity contribution in [2.24, 2.45) is 0 Å². The summed E-state index contributed by atoms with van der Waals surface area (Å²) in [6.45, 7) is 7.34. The number of unbranched alkanes of at least 4 members (excludes halogenated alkanes) is 4. The zero-order chi connectivity index (χ0) is 7.66. The van der Waals surface area contributed by atoms with Crippen molar-refractivity contribution in [2.75, 3.05) is 13.2 Å². The molecule has 0 aromatic rings. The molecule has 61 valence electrons. The summed E-state index contributed by atoms with van der Waals surface area (Å²) in [5, 5.41) is 0. The maximum absolute atomic E-state index is 5.10. The number of ether oxygens (including phenoxy) is 1. The van der Waals surface area contributed by atoms with E-state index in [1.54, 1.807) is 0 Å². The average Bonchev–Trinajstić information content (AvgIpc) is 1.97. The molecule has 0 spiro atoms. The number of hydrogen-bond donors (Lipinski definition) is 0. The van der Waals surface area contributed by atoms with Gasteiger partial charge in [-0.2, -0.15) is 0 Å². The summed E-state index contributed by atoms with van der Waals surface area (Å²) in [6.07, 6.45) is 6.56. The van der Waals surface area contributed by atoms with Gasteiger partial charge < -0.3 is 4.74 Å². The van der Waals surface area contributed by atoms with Crippen molar-refractivity contribution in [3.63, 3.8) is 0 Å². The highest BCUT2D eigenvalue weighted by molar-refractivity contribution is 4.41. The van der Waals surface area contributed by atoms with Crippen LogP contribution in [0.3, 0.4) is 0 Å². The van der Waals surface area contributed by atoms with Crippen molar-refractivity contribution in [1.29, 1.82) is 0 Å². The molecule has 0 heterocycles. The van der Waals surface area contributed by atoms with E-state index >= 15 is 0 Å². The maximum Gasteiger partial charge on any atom is 0.0466 e. The third-order valence-electron chi connectivity index (χ3n) is 1.54. The van der Waals surface area contributed by atoms with Gasteiger partial charge in [-0.15, -0.1) is 0 Å². The van der Waals surface area contributed by atoms with Gasteiger partial charge in [-0.05, 0) is 13.3 Å². The second-order valence-corrected chi connectivity index (χ2v) is 2.53. The Hall–Kier alpha value is -0.0400. The van der Waals surface area contributed by atoms with Crippen molar-refractivity contribution in [2.45, 2.75) is 39.0 Å². The molecule has 0 aliphatic heterocycles. The molecule has 0 N–H and O–H groups in total. The molecule has 0 bridgehead atoms. The quantitative estimate of drug-likeness (QED) is 0.498. The normalized spacial score (nSPS) is 10.2. The number of hydrogen-bond acceptors (Lipinski definition) is 1. The van der Waals surface area contributed by atoms with Crippen LogP contribution in [0.1, 0.15) is 39.0 Å². The second-order valence-electron chi connectivity index (χ2n) is 2.53. The molecule has 0 aromatic carbocycles. The van der Waals surface area contributed by atoms with Crippen LogP contribution in [0, 0.1) is 6.92 Å². The Morgan fingerprint density at radius 3 is 2.40 bits per heavy atom. The highest BCUT2D eigenvalue weighted by Crippen LogP contribution is 2.01. The van der Waals surface area contributed by atoms with Gasteiger partial charge >= 0.3 is 0 Å². The lowest BCUT2D eigenvalue weighted by Crippen LogP contribution is -1.92. The van der Waals surface area contributed by atoms with Crippen molar-refractivity contribution in [3.05, 3.63) is 6.92 Å². The van der Waals surface area contributed by atoms with Crippen LogP contribution in [0.15, 0.2) is 0 Å². The highest BCUT2D eigenvalue weighted by atomic mass is 16.5. The minimum absolute atomic E-state index is 0.619. The molecule has 0 saturated carbocycles. The molecule has 0 fully saturated rings. The highest BCUT2D eigenvalue weighted by Gasteiger charge is 1.87. The lowest BCUT2D eigenvalue weighted by molar-refractivity contribution is 0.156. The molecular formula is C9H19O. The van der Waals surface area contributed by atoms with Crippen LogP contribution >= 0.6 is 0 Å². The molecule has 1 radical (unpaired) electrons. The first-order valence-corrected chi connectivity index (χ1v) is 4.28. The zero-order valence-corrected chi connectivity index (χ0v) is 7.07. The number of rotatable bonds is 7. The van der Waals surface area contributed by atoms with Crippen molar-refractivity contribution in [1.82, 2.24) is 0 Å². The predicted molar refractivity (Wildman–Crippen MR) is 44.9 cm³/mol. The molecule has 0 saturated heterocycles. The summed E-state index contributed by atoms with van der Waals surface area (Å²) in [5.74, 6) is 0. The summed E-state index contributed by atoms with van der Waals surface area (Å²) < 4.78 is 5.10. The van der Waals surface area contributed by atoms with Gasteiger partial charge in [-0.3, -0.25) is 0 Å². The van der Waals surface area contributed by atoms with Crippen molar-refractivity contribution in [3.8, 4) is 0 Å². The molecule has 1 nitrogen and oxygen atoms in total. The van der Waals surface area contributed by atoms with Crippen LogP contribution in [0.4, 0.5) is 0 Å². The summed E-state index contributed by atoms with van der Waals surface area (Å²) in [7, 11) is 0. The fourth-order valence-corrected chi connectivity index (χ4v) is 0.910. The summed E-state index contributed by atoms with van der Waals surface area (Å²) in [4.78, 5) is 0. The molecule has 0 unspecified atom stereocenters. The Balaban J connectivity index is 2.65. The zero-order valence-electron chi connectivity index (χ0n) is 7.07. The Kier molecular flexibility index (Phi) is 8.92. The van der Waals surface area contributed by atoms with Crippen LogP contribution < -0.4 is 0 Å². The third-order valence-corrected chi connectivity index (χ3v) is 1.54. The van der Waals surface area contributed by atoms with E-state index in [4.69, 9.17) is 4.74 Å². The second kappa shape index (κ2) is 8.96. The van der Waals surface area contributed by atoms with Gasteiger partial charge in [0, 0.05) is 13.2 Å². The molecule has 0 aliphatic rings. The van der Waals surface area contributed by atoms with E-state index in [1.165, 1.54) is 32.1 Å². The molecule has 0 rings (SSSR count). The van der Waals surface area contributed by atoms with Crippen molar-refractivity contribution >= 4 is 0 Å². The van der Waals surface area contributed by atoms with E-state index in [2.05, 4.69) is 13.8 Å². The third kappa shape index (κ3) is 7.96. The topological polar surface area (TPSA) is 9.23 Å². The monoisotopic (exact) mass is 143 g/mol. The van der Waals surface area contributed by atoms with Crippen LogP contribution in [0.2, 0.25) is 0 Å². The molecule has 0 atom stereocenters. The van der Waals surface area contributed by atoms with Gasteiger partial charge in [0.1, 0.15) is 0 Å². The molecule has 0 aromatic heterocycles. The Morgan fingerprint density at radius 2 is 1.80 bits per heavy atom. The standard InChI is InChI=1S/C9H19O/c1-3-5-6-7-8-9-10-4-2/h2-9H2,1H3. The fraction of sp³-hybridized carbons (Fsp3) is 0.889. The van der Waals surface area contributed by atoms with Gasteiger partial charge in [0.25, 0.3) is 0 Å².